The van der Waals surface area contributed by atoms with Crippen molar-refractivity contribution in [3.8, 4) is 11.1 Å². The van der Waals surface area contributed by atoms with Crippen LogP contribution in [0.3, 0.4) is 0 Å². The third kappa shape index (κ3) is 6.76. The highest BCUT2D eigenvalue weighted by Gasteiger charge is 2.38. The van der Waals surface area contributed by atoms with E-state index < -0.39 is 11.9 Å². The molecule has 0 unspecified atom stereocenters. The number of aliphatic imine (C=N–C) groups is 1. The number of amides is 1. The van der Waals surface area contributed by atoms with Crippen LogP contribution in [-0.4, -0.2) is 56.5 Å². The summed E-state index contributed by atoms with van der Waals surface area (Å²) in [6.45, 7) is 4.79. The number of carbonyl (C=O) groups excluding carboxylic acids is 1. The molecule has 0 atom stereocenters. The molecule has 0 spiro atoms. The van der Waals surface area contributed by atoms with Crippen LogP contribution in [0.1, 0.15) is 41.1 Å². The third-order valence-electron chi connectivity index (χ3n) is 7.03. The van der Waals surface area contributed by atoms with E-state index in [0.717, 1.165) is 47.5 Å². The maximum absolute atomic E-state index is 14.0. The largest absolute Gasteiger partial charge is 0.435 e. The Balaban J connectivity index is 1.67. The van der Waals surface area contributed by atoms with Gasteiger partial charge in [-0.1, -0.05) is 6.07 Å². The molecule has 1 aliphatic rings. The first-order chi connectivity index (χ1) is 18.5. The van der Waals surface area contributed by atoms with E-state index in [2.05, 4.69) is 15.1 Å². The summed E-state index contributed by atoms with van der Waals surface area (Å²) < 4.78 is 45.1. The molecule has 0 saturated heterocycles. The highest BCUT2D eigenvalue weighted by atomic mass is 19.4. The number of hydrogen-bond acceptors (Lipinski definition) is 5. The zero-order chi connectivity index (χ0) is 28.3. The highest BCUT2D eigenvalue weighted by Crippen LogP contribution is 2.39. The van der Waals surface area contributed by atoms with Crippen LogP contribution in [0.2, 0.25) is 0 Å². The zero-order valence-corrected chi connectivity index (χ0v) is 22.7. The lowest BCUT2D eigenvalue weighted by atomic mass is 9.91. The second-order valence-corrected chi connectivity index (χ2v) is 10.1. The summed E-state index contributed by atoms with van der Waals surface area (Å²) in [4.78, 5) is 22.0. The van der Waals surface area contributed by atoms with Gasteiger partial charge in [0.2, 0.25) is 6.41 Å². The predicted molar refractivity (Wildman–Crippen MR) is 144 cm³/mol. The lowest BCUT2D eigenvalue weighted by Crippen LogP contribution is -2.30. The fourth-order valence-electron chi connectivity index (χ4n) is 4.76. The van der Waals surface area contributed by atoms with Crippen molar-refractivity contribution in [1.82, 2.24) is 24.2 Å². The van der Waals surface area contributed by atoms with Crippen molar-refractivity contribution < 1.29 is 18.0 Å². The lowest BCUT2D eigenvalue weighted by molar-refractivity contribution is -0.141. The SMILES string of the molecule is CN=C(/C=C(\N)C1CC1)CN(C=O)CCc1c(C)cc(Cn2ccnc2C)cc1-c1cn(C)nc1C(F)(F)F. The molecule has 208 valence electrons. The van der Waals surface area contributed by atoms with E-state index in [9.17, 15) is 18.0 Å². The number of halogens is 3. The number of imidazole rings is 1. The molecule has 2 N–H and O–H groups in total. The van der Waals surface area contributed by atoms with Crippen molar-refractivity contribution in [3.05, 3.63) is 70.7 Å². The van der Waals surface area contributed by atoms with Gasteiger partial charge in [0.25, 0.3) is 0 Å². The van der Waals surface area contributed by atoms with Gasteiger partial charge in [-0.05, 0) is 73.4 Å². The van der Waals surface area contributed by atoms with Crippen LogP contribution in [0, 0.1) is 19.8 Å². The molecule has 0 bridgehead atoms. The molecule has 0 radical (unpaired) electrons. The van der Waals surface area contributed by atoms with Crippen LogP contribution in [0.4, 0.5) is 13.2 Å². The fourth-order valence-corrected chi connectivity index (χ4v) is 4.76. The normalized spacial score (nSPS) is 14.6. The van der Waals surface area contributed by atoms with Crippen LogP contribution in [0.5, 0.6) is 0 Å². The number of aromatic nitrogens is 4. The van der Waals surface area contributed by atoms with Crippen molar-refractivity contribution in [3.63, 3.8) is 0 Å². The molecule has 1 amide bonds. The molecule has 11 heteroatoms. The maximum atomic E-state index is 14.0. The first-order valence-corrected chi connectivity index (χ1v) is 12.8. The van der Waals surface area contributed by atoms with Gasteiger partial charge >= 0.3 is 6.18 Å². The molecular weight excluding hydrogens is 507 g/mol. The van der Waals surface area contributed by atoms with Crippen LogP contribution in [-0.2, 0) is 31.0 Å². The van der Waals surface area contributed by atoms with Gasteiger partial charge in [-0.2, -0.15) is 18.3 Å². The minimum atomic E-state index is -4.62. The molecule has 39 heavy (non-hydrogen) atoms. The Morgan fingerprint density at radius 1 is 1.26 bits per heavy atom. The number of rotatable bonds is 11. The molecule has 0 aliphatic heterocycles. The third-order valence-corrected chi connectivity index (χ3v) is 7.03. The van der Waals surface area contributed by atoms with Crippen molar-refractivity contribution in [2.75, 3.05) is 20.1 Å². The summed E-state index contributed by atoms with van der Waals surface area (Å²) in [6.07, 6.45) is 5.35. The van der Waals surface area contributed by atoms with Crippen LogP contribution >= 0.6 is 0 Å². The van der Waals surface area contributed by atoms with E-state index >= 15 is 0 Å². The van der Waals surface area contributed by atoms with Gasteiger partial charge in [0.1, 0.15) is 5.82 Å². The van der Waals surface area contributed by atoms with Gasteiger partial charge in [-0.3, -0.25) is 14.5 Å². The van der Waals surface area contributed by atoms with E-state index in [1.54, 1.807) is 24.2 Å². The Hall–Kier alpha value is -3.89. The summed E-state index contributed by atoms with van der Waals surface area (Å²) in [7, 11) is 3.13. The van der Waals surface area contributed by atoms with Gasteiger partial charge in [-0.25, -0.2) is 4.98 Å². The molecule has 1 aliphatic carbocycles. The summed E-state index contributed by atoms with van der Waals surface area (Å²) in [6, 6.07) is 3.77. The number of carbonyl (C=O) groups is 1. The average molecular weight is 542 g/mol. The summed E-state index contributed by atoms with van der Waals surface area (Å²) >= 11 is 0. The predicted octanol–water partition coefficient (Wildman–Crippen LogP) is 4.29. The molecule has 4 rings (SSSR count). The van der Waals surface area contributed by atoms with Crippen molar-refractivity contribution in [2.24, 2.45) is 23.7 Å². The molecule has 2 heterocycles. The Kier molecular flexibility index (Phi) is 8.27. The molecule has 1 fully saturated rings. The first kappa shape index (κ1) is 28.1. The number of nitrogens with zero attached hydrogens (tertiary/aromatic N) is 6. The van der Waals surface area contributed by atoms with Crippen molar-refractivity contribution >= 4 is 12.1 Å². The lowest BCUT2D eigenvalue weighted by Gasteiger charge is -2.21. The second-order valence-electron chi connectivity index (χ2n) is 10.1. The van der Waals surface area contributed by atoms with E-state index in [4.69, 9.17) is 5.73 Å². The van der Waals surface area contributed by atoms with E-state index in [-0.39, 0.29) is 12.1 Å². The monoisotopic (exact) mass is 541 g/mol. The van der Waals surface area contributed by atoms with Gasteiger partial charge in [0, 0.05) is 57.0 Å². The number of alkyl halides is 3. The molecule has 1 saturated carbocycles. The van der Waals surface area contributed by atoms with Crippen molar-refractivity contribution in [2.45, 2.75) is 45.8 Å². The Labute approximate surface area is 226 Å². The highest BCUT2D eigenvalue weighted by molar-refractivity contribution is 5.97. The summed E-state index contributed by atoms with van der Waals surface area (Å²) in [5.74, 6) is 1.19. The smallest absolute Gasteiger partial charge is 0.402 e. The molecular formula is C28H34F3N7O. The number of aryl methyl sites for hydroxylation is 3. The number of benzene rings is 1. The average Bonchev–Trinajstić information content (AvgIpc) is 3.55. The first-order valence-electron chi connectivity index (χ1n) is 12.8. The maximum Gasteiger partial charge on any atom is 0.435 e. The minimum Gasteiger partial charge on any atom is -0.402 e. The molecule has 8 nitrogen and oxygen atoms in total. The van der Waals surface area contributed by atoms with E-state index in [0.29, 0.717) is 36.7 Å². The van der Waals surface area contributed by atoms with E-state index in [1.807, 2.05) is 36.8 Å². The van der Waals surface area contributed by atoms with Gasteiger partial charge in [0.15, 0.2) is 5.69 Å². The summed E-state index contributed by atoms with van der Waals surface area (Å²) in [5, 5.41) is 3.73. The van der Waals surface area contributed by atoms with Crippen LogP contribution in [0.25, 0.3) is 11.1 Å². The number of hydrogen-bond donors (Lipinski definition) is 1. The topological polar surface area (TPSA) is 94.3 Å². The minimum absolute atomic E-state index is 0.0147. The quantitative estimate of drug-likeness (QED) is 0.290. The Morgan fingerprint density at radius 3 is 2.59 bits per heavy atom. The zero-order valence-electron chi connectivity index (χ0n) is 22.7. The molecule has 1 aromatic carbocycles. The number of nitrogens with two attached hydrogens (primary N) is 1. The Morgan fingerprint density at radius 2 is 2.00 bits per heavy atom. The molecule has 3 aromatic rings. The number of allylic oxidation sites excluding steroid dienone is 1. The van der Waals surface area contributed by atoms with Crippen LogP contribution in [0.15, 0.2) is 47.5 Å². The fraction of sp³-hybridized carbons (Fsp3) is 0.429. The van der Waals surface area contributed by atoms with Crippen molar-refractivity contribution in [1.29, 1.82) is 0 Å². The molecule has 2 aromatic heterocycles. The van der Waals surface area contributed by atoms with Gasteiger partial charge in [0.05, 0.1) is 12.3 Å². The second kappa shape index (κ2) is 11.5. The Bertz CT molecular complexity index is 1400. The van der Waals surface area contributed by atoms with Crippen LogP contribution < -0.4 is 5.73 Å². The summed E-state index contributed by atoms with van der Waals surface area (Å²) in [5.41, 5.74) is 9.53. The van der Waals surface area contributed by atoms with E-state index in [1.165, 1.54) is 17.9 Å². The van der Waals surface area contributed by atoms with Gasteiger partial charge < -0.3 is 15.2 Å². The van der Waals surface area contributed by atoms with Gasteiger partial charge in [-0.15, -0.1) is 0 Å². The standard InChI is InChI=1S/C28H34F3N7O/c1-18-11-20(14-38-10-8-34-19(38)2)12-24(25-16-36(4)35-27(25)28(29,30)31)23(18)7-9-37(17-39)15-22(33-3)13-26(32)21-5-6-21/h8,10-13,16-17,21H,5-7,9,14-15,32H2,1-4H3/b26-13-,33-22?.